The third-order valence-corrected chi connectivity index (χ3v) is 8.67. The van der Waals surface area contributed by atoms with Gasteiger partial charge in [0.15, 0.2) is 5.69 Å². The minimum absolute atomic E-state index is 0.00512. The normalized spacial score (nSPS) is 21.8. The summed E-state index contributed by atoms with van der Waals surface area (Å²) in [5.41, 5.74) is 6.67. The summed E-state index contributed by atoms with van der Waals surface area (Å²) >= 11 is 1.82. The smallest absolute Gasteiger partial charge is 0.272 e. The quantitative estimate of drug-likeness (QED) is 0.375. The number of carbonyl (C=O) groups excluding carboxylic acids is 1. The first kappa shape index (κ1) is 22.4. The van der Waals surface area contributed by atoms with Gasteiger partial charge in [-0.25, -0.2) is 0 Å². The number of benzene rings is 1. The number of fused-ring (bicyclic) bond motifs is 3. The number of thiophene rings is 1. The second kappa shape index (κ2) is 8.75. The first-order valence-electron chi connectivity index (χ1n) is 12.4. The summed E-state index contributed by atoms with van der Waals surface area (Å²) in [6, 6.07) is 11.1. The molecule has 2 aliphatic rings. The van der Waals surface area contributed by atoms with Crippen molar-refractivity contribution < 1.29 is 4.79 Å². The fourth-order valence-electron chi connectivity index (χ4n) is 5.78. The lowest BCUT2D eigenvalue weighted by Gasteiger charge is -2.37. The predicted octanol–water partition coefficient (Wildman–Crippen LogP) is 6.37. The second-order valence-corrected chi connectivity index (χ2v) is 11.9. The van der Waals surface area contributed by atoms with E-state index >= 15 is 0 Å². The van der Waals surface area contributed by atoms with Crippen LogP contribution in [0.1, 0.15) is 77.7 Å². The van der Waals surface area contributed by atoms with Crippen molar-refractivity contribution in [2.45, 2.75) is 72.9 Å². The van der Waals surface area contributed by atoms with Gasteiger partial charge < -0.3 is 5.32 Å². The van der Waals surface area contributed by atoms with Crippen LogP contribution >= 0.6 is 11.3 Å². The Bertz CT molecular complexity index is 1170. The van der Waals surface area contributed by atoms with E-state index in [1.165, 1.54) is 39.3 Å². The van der Waals surface area contributed by atoms with Crippen molar-refractivity contribution in [1.82, 2.24) is 15.1 Å². The Balaban J connectivity index is 1.48. The molecule has 2 aromatic heterocycles. The number of hydrogen-bond acceptors (Lipinski definition) is 3. The number of rotatable bonds is 5. The van der Waals surface area contributed by atoms with Crippen molar-refractivity contribution in [3.63, 3.8) is 0 Å². The summed E-state index contributed by atoms with van der Waals surface area (Å²) < 4.78 is 2.07. The van der Waals surface area contributed by atoms with Crippen LogP contribution in [0, 0.1) is 31.6 Å². The first-order chi connectivity index (χ1) is 15.8. The van der Waals surface area contributed by atoms with E-state index in [9.17, 15) is 4.79 Å². The minimum atomic E-state index is 0.00512. The Hall–Kier alpha value is -2.40. The Morgan fingerprint density at radius 2 is 1.97 bits per heavy atom. The highest BCUT2D eigenvalue weighted by atomic mass is 32.1. The van der Waals surface area contributed by atoms with Crippen LogP contribution in [0.3, 0.4) is 0 Å². The average molecular weight is 462 g/mol. The number of amides is 1. The van der Waals surface area contributed by atoms with Gasteiger partial charge in [-0.15, -0.1) is 11.3 Å². The van der Waals surface area contributed by atoms with Crippen molar-refractivity contribution >= 4 is 17.2 Å². The molecule has 2 aliphatic carbocycles. The van der Waals surface area contributed by atoms with Crippen LogP contribution in [0.4, 0.5) is 0 Å². The number of nitrogens with zero attached hydrogens (tertiary/aromatic N) is 2. The largest absolute Gasteiger partial charge is 0.348 e. The minimum Gasteiger partial charge on any atom is -0.348 e. The third kappa shape index (κ3) is 4.28. The number of carbonyl (C=O) groups is 1. The van der Waals surface area contributed by atoms with E-state index in [4.69, 9.17) is 5.10 Å². The van der Waals surface area contributed by atoms with Crippen LogP contribution in [-0.4, -0.2) is 21.7 Å². The maximum atomic E-state index is 13.6. The van der Waals surface area contributed by atoms with E-state index in [0.29, 0.717) is 30.0 Å². The second-order valence-electron chi connectivity index (χ2n) is 10.6. The van der Waals surface area contributed by atoms with Gasteiger partial charge in [-0.3, -0.25) is 9.48 Å². The van der Waals surface area contributed by atoms with Gasteiger partial charge in [0, 0.05) is 22.9 Å². The molecule has 1 fully saturated rings. The molecule has 3 unspecified atom stereocenters. The summed E-state index contributed by atoms with van der Waals surface area (Å²) in [4.78, 5) is 16.2. The molecule has 1 saturated carbocycles. The molecule has 174 valence electrons. The summed E-state index contributed by atoms with van der Waals surface area (Å²) in [6.07, 6.45) is 4.32. The molecule has 5 heteroatoms. The topological polar surface area (TPSA) is 46.9 Å². The summed E-state index contributed by atoms with van der Waals surface area (Å²) in [5, 5.41) is 8.35. The van der Waals surface area contributed by atoms with E-state index in [-0.39, 0.29) is 11.9 Å². The van der Waals surface area contributed by atoms with Gasteiger partial charge in [0.05, 0.1) is 17.1 Å². The van der Waals surface area contributed by atoms with Crippen molar-refractivity contribution in [2.24, 2.45) is 17.8 Å². The van der Waals surface area contributed by atoms with Gasteiger partial charge in [-0.1, -0.05) is 57.0 Å². The van der Waals surface area contributed by atoms with Crippen LogP contribution in [-0.2, 0) is 13.0 Å². The molecule has 0 radical (unpaired) electrons. The van der Waals surface area contributed by atoms with Crippen LogP contribution in [0.2, 0.25) is 0 Å². The van der Waals surface area contributed by atoms with Crippen molar-refractivity contribution in [1.29, 1.82) is 0 Å². The van der Waals surface area contributed by atoms with Gasteiger partial charge in [-0.05, 0) is 61.6 Å². The Labute approximate surface area is 201 Å². The molecule has 0 saturated heterocycles. The SMILES string of the molecule is Cc1ccc(Cn2nc(C(=O)NC3CC(C)CCC3C(C)C)c3c2-c2sc(C)cc2C3)cc1. The first-order valence-corrected chi connectivity index (χ1v) is 13.2. The van der Waals surface area contributed by atoms with E-state index in [1.807, 2.05) is 11.3 Å². The monoisotopic (exact) mass is 461 g/mol. The highest BCUT2D eigenvalue weighted by Crippen LogP contribution is 2.44. The van der Waals surface area contributed by atoms with Crippen LogP contribution in [0.25, 0.3) is 10.6 Å². The van der Waals surface area contributed by atoms with E-state index in [2.05, 4.69) is 74.9 Å². The predicted molar refractivity (Wildman–Crippen MR) is 136 cm³/mol. The summed E-state index contributed by atoms with van der Waals surface area (Å²) in [5.74, 6) is 1.77. The molecule has 3 aromatic rings. The lowest BCUT2D eigenvalue weighted by atomic mass is 9.74. The van der Waals surface area contributed by atoms with E-state index < -0.39 is 0 Å². The fourth-order valence-corrected chi connectivity index (χ4v) is 6.89. The molecule has 1 N–H and O–H groups in total. The lowest BCUT2D eigenvalue weighted by molar-refractivity contribution is 0.0861. The zero-order valence-electron chi connectivity index (χ0n) is 20.4. The molecule has 33 heavy (non-hydrogen) atoms. The van der Waals surface area contributed by atoms with E-state index in [1.54, 1.807) is 0 Å². The zero-order chi connectivity index (χ0) is 23.3. The molecule has 1 aromatic carbocycles. The zero-order valence-corrected chi connectivity index (χ0v) is 21.3. The van der Waals surface area contributed by atoms with Crippen molar-refractivity contribution in [2.75, 3.05) is 0 Å². The van der Waals surface area contributed by atoms with Gasteiger partial charge in [0.25, 0.3) is 5.91 Å². The molecule has 0 spiro atoms. The van der Waals surface area contributed by atoms with Crippen molar-refractivity contribution in [3.05, 3.63) is 63.2 Å². The molecule has 2 heterocycles. The van der Waals surface area contributed by atoms with Crippen LogP contribution in [0.5, 0.6) is 0 Å². The van der Waals surface area contributed by atoms with E-state index in [0.717, 1.165) is 24.1 Å². The molecule has 1 amide bonds. The van der Waals surface area contributed by atoms with Crippen LogP contribution in [0.15, 0.2) is 30.3 Å². The van der Waals surface area contributed by atoms with Crippen molar-refractivity contribution in [3.8, 4) is 10.6 Å². The third-order valence-electron chi connectivity index (χ3n) is 7.57. The number of nitrogens with one attached hydrogen (secondary N) is 1. The van der Waals surface area contributed by atoms with Gasteiger partial charge in [0.2, 0.25) is 0 Å². The molecule has 0 bridgehead atoms. The van der Waals surface area contributed by atoms with Gasteiger partial charge in [-0.2, -0.15) is 5.10 Å². The highest BCUT2D eigenvalue weighted by molar-refractivity contribution is 7.15. The molecule has 0 aliphatic heterocycles. The number of aromatic nitrogens is 2. The summed E-state index contributed by atoms with van der Waals surface area (Å²) in [7, 11) is 0. The highest BCUT2D eigenvalue weighted by Gasteiger charge is 2.35. The standard InChI is InChI=1S/C28H35N3OS/c1-16(2)22-11-8-18(4)12-24(22)29-28(32)25-23-14-21-13-19(5)33-27(21)26(23)31(30-25)15-20-9-6-17(3)7-10-20/h6-7,9-10,13,16,18,22,24H,8,11-12,14-15H2,1-5H3,(H,29,32). The summed E-state index contributed by atoms with van der Waals surface area (Å²) in [6.45, 7) is 11.8. The molecular formula is C28H35N3OS. The number of hydrogen-bond donors (Lipinski definition) is 1. The van der Waals surface area contributed by atoms with Crippen LogP contribution < -0.4 is 5.32 Å². The Morgan fingerprint density at radius 3 is 2.70 bits per heavy atom. The van der Waals surface area contributed by atoms with Gasteiger partial charge in [0.1, 0.15) is 0 Å². The molecular weight excluding hydrogens is 426 g/mol. The lowest BCUT2D eigenvalue weighted by Crippen LogP contribution is -2.45. The molecule has 4 nitrogen and oxygen atoms in total. The molecule has 5 rings (SSSR count). The number of aryl methyl sites for hydroxylation is 2. The maximum Gasteiger partial charge on any atom is 0.272 e. The Kier molecular flexibility index (Phi) is 5.94. The fraction of sp³-hybridized carbons (Fsp3) is 0.500. The average Bonchev–Trinajstić information content (AvgIpc) is 3.39. The van der Waals surface area contributed by atoms with Gasteiger partial charge >= 0.3 is 0 Å². The maximum absolute atomic E-state index is 13.6. The Morgan fingerprint density at radius 1 is 1.21 bits per heavy atom. The molecule has 3 atom stereocenters.